The van der Waals surface area contributed by atoms with E-state index >= 15 is 0 Å². The van der Waals surface area contributed by atoms with Gasteiger partial charge < -0.3 is 4.74 Å². The first-order valence-corrected chi connectivity index (χ1v) is 6.07. The van der Waals surface area contributed by atoms with E-state index in [0.29, 0.717) is 16.5 Å². The number of allylic oxidation sites excluding steroid dienone is 1. The standard InChI is InChI=1S/C13H14Cl2O2/c1-17-13(16)6-4-2-3-5-10-7-8-11(14)9-12(10)15/h3,5,7-9H,2,4,6H2,1H3/b5-3+. The van der Waals surface area contributed by atoms with Crippen LogP contribution in [-0.2, 0) is 9.53 Å². The molecule has 0 amide bonds. The Bertz CT molecular complexity index is 414. The summed E-state index contributed by atoms with van der Waals surface area (Å²) >= 11 is 11.8. The first kappa shape index (κ1) is 14.1. The topological polar surface area (TPSA) is 26.3 Å². The van der Waals surface area contributed by atoms with Gasteiger partial charge in [0.25, 0.3) is 0 Å². The molecule has 92 valence electrons. The summed E-state index contributed by atoms with van der Waals surface area (Å²) in [5.74, 6) is -0.178. The lowest BCUT2D eigenvalue weighted by atomic mass is 10.1. The molecule has 0 unspecified atom stereocenters. The average Bonchev–Trinajstić information content (AvgIpc) is 2.30. The van der Waals surface area contributed by atoms with Crippen molar-refractivity contribution in [3.05, 3.63) is 39.9 Å². The molecule has 0 aliphatic heterocycles. The van der Waals surface area contributed by atoms with Gasteiger partial charge in [0.05, 0.1) is 7.11 Å². The molecule has 0 N–H and O–H groups in total. The SMILES string of the molecule is COC(=O)CCC/C=C/c1ccc(Cl)cc1Cl. The lowest BCUT2D eigenvalue weighted by Gasteiger charge is -1.99. The highest BCUT2D eigenvalue weighted by atomic mass is 35.5. The number of hydrogen-bond donors (Lipinski definition) is 0. The highest BCUT2D eigenvalue weighted by Crippen LogP contribution is 2.22. The summed E-state index contributed by atoms with van der Waals surface area (Å²) in [6, 6.07) is 5.36. The highest BCUT2D eigenvalue weighted by Gasteiger charge is 1.98. The maximum atomic E-state index is 10.9. The number of ether oxygens (including phenoxy) is 1. The van der Waals surface area contributed by atoms with Crippen LogP contribution < -0.4 is 0 Å². The Hall–Kier alpha value is -0.990. The van der Waals surface area contributed by atoms with Crippen LogP contribution in [0.15, 0.2) is 24.3 Å². The van der Waals surface area contributed by atoms with E-state index in [2.05, 4.69) is 4.74 Å². The Kier molecular flexibility index (Phi) is 6.09. The molecule has 0 aliphatic rings. The van der Waals surface area contributed by atoms with Crippen molar-refractivity contribution >= 4 is 35.2 Å². The second-order valence-electron chi connectivity index (χ2n) is 3.54. The van der Waals surface area contributed by atoms with Gasteiger partial charge in [-0.05, 0) is 30.5 Å². The zero-order valence-electron chi connectivity index (χ0n) is 9.58. The summed E-state index contributed by atoms with van der Waals surface area (Å²) in [5.41, 5.74) is 0.925. The van der Waals surface area contributed by atoms with Gasteiger partial charge in [-0.15, -0.1) is 0 Å². The zero-order chi connectivity index (χ0) is 12.7. The van der Waals surface area contributed by atoms with Gasteiger partial charge in [-0.3, -0.25) is 4.79 Å². The van der Waals surface area contributed by atoms with Gasteiger partial charge in [-0.25, -0.2) is 0 Å². The van der Waals surface area contributed by atoms with Crippen LogP contribution in [-0.4, -0.2) is 13.1 Å². The summed E-state index contributed by atoms with van der Waals surface area (Å²) < 4.78 is 4.55. The first-order valence-electron chi connectivity index (χ1n) is 5.32. The van der Waals surface area contributed by atoms with Crippen molar-refractivity contribution in [2.75, 3.05) is 7.11 Å². The van der Waals surface area contributed by atoms with Crippen LogP contribution in [0.2, 0.25) is 10.0 Å². The van der Waals surface area contributed by atoms with Crippen LogP contribution in [0.5, 0.6) is 0 Å². The molecule has 4 heteroatoms. The third-order valence-corrected chi connectivity index (χ3v) is 2.80. The van der Waals surface area contributed by atoms with Crippen LogP contribution >= 0.6 is 23.2 Å². The Morgan fingerprint density at radius 2 is 2.18 bits per heavy atom. The zero-order valence-corrected chi connectivity index (χ0v) is 11.1. The van der Waals surface area contributed by atoms with E-state index in [1.165, 1.54) is 7.11 Å². The van der Waals surface area contributed by atoms with E-state index in [1.807, 2.05) is 18.2 Å². The number of benzene rings is 1. The lowest BCUT2D eigenvalue weighted by Crippen LogP contribution is -1.98. The second-order valence-corrected chi connectivity index (χ2v) is 4.38. The molecule has 0 saturated carbocycles. The fourth-order valence-electron chi connectivity index (χ4n) is 1.31. The summed E-state index contributed by atoms with van der Waals surface area (Å²) in [5, 5.41) is 1.25. The molecule has 2 nitrogen and oxygen atoms in total. The van der Waals surface area contributed by atoms with Gasteiger partial charge in [0, 0.05) is 16.5 Å². The lowest BCUT2D eigenvalue weighted by molar-refractivity contribution is -0.140. The van der Waals surface area contributed by atoms with Crippen molar-refractivity contribution in [1.82, 2.24) is 0 Å². The van der Waals surface area contributed by atoms with Gasteiger partial charge in [-0.2, -0.15) is 0 Å². The number of methoxy groups -OCH3 is 1. The summed E-state index contributed by atoms with van der Waals surface area (Å²) in [6.45, 7) is 0. The van der Waals surface area contributed by atoms with Gasteiger partial charge in [0.2, 0.25) is 0 Å². The van der Waals surface area contributed by atoms with Crippen LogP contribution in [0, 0.1) is 0 Å². The van der Waals surface area contributed by atoms with Crippen LogP contribution in [0.25, 0.3) is 6.08 Å². The van der Waals surface area contributed by atoms with Crippen LogP contribution in [0.1, 0.15) is 24.8 Å². The minimum atomic E-state index is -0.178. The number of hydrogen-bond acceptors (Lipinski definition) is 2. The molecule has 0 bridgehead atoms. The third kappa shape index (κ3) is 5.24. The molecule has 1 rings (SSSR count). The van der Waals surface area contributed by atoms with E-state index in [-0.39, 0.29) is 5.97 Å². The van der Waals surface area contributed by atoms with Crippen molar-refractivity contribution in [1.29, 1.82) is 0 Å². The molecule has 0 aromatic heterocycles. The highest BCUT2D eigenvalue weighted by molar-refractivity contribution is 6.35. The number of unbranched alkanes of at least 4 members (excludes halogenated alkanes) is 1. The normalized spacial score (nSPS) is 10.8. The molecule has 0 aliphatic carbocycles. The minimum absolute atomic E-state index is 0.178. The molecule has 0 saturated heterocycles. The molecule has 1 aromatic carbocycles. The summed E-state index contributed by atoms with van der Waals surface area (Å²) in [7, 11) is 1.39. The monoisotopic (exact) mass is 272 g/mol. The summed E-state index contributed by atoms with van der Waals surface area (Å²) in [6.07, 6.45) is 5.94. The maximum absolute atomic E-state index is 10.9. The van der Waals surface area contributed by atoms with Crippen LogP contribution in [0.4, 0.5) is 0 Å². The van der Waals surface area contributed by atoms with E-state index in [9.17, 15) is 4.79 Å². The predicted octanol–water partition coefficient (Wildman–Crippen LogP) is 4.35. The Morgan fingerprint density at radius 3 is 2.82 bits per heavy atom. The Morgan fingerprint density at radius 1 is 1.41 bits per heavy atom. The van der Waals surface area contributed by atoms with E-state index in [0.717, 1.165) is 18.4 Å². The average molecular weight is 273 g/mol. The van der Waals surface area contributed by atoms with Crippen LogP contribution in [0.3, 0.4) is 0 Å². The Balaban J connectivity index is 2.40. The van der Waals surface area contributed by atoms with Gasteiger partial charge in [0.15, 0.2) is 0 Å². The fraction of sp³-hybridized carbons (Fsp3) is 0.308. The molecule has 0 heterocycles. The molecule has 17 heavy (non-hydrogen) atoms. The second kappa shape index (κ2) is 7.36. The molecule has 0 fully saturated rings. The van der Waals surface area contributed by atoms with Crippen molar-refractivity contribution in [3.63, 3.8) is 0 Å². The number of halogens is 2. The molecule has 0 atom stereocenters. The van der Waals surface area contributed by atoms with Crippen molar-refractivity contribution < 1.29 is 9.53 Å². The van der Waals surface area contributed by atoms with E-state index < -0.39 is 0 Å². The summed E-state index contributed by atoms with van der Waals surface area (Å²) in [4.78, 5) is 10.9. The smallest absolute Gasteiger partial charge is 0.305 e. The fourth-order valence-corrected chi connectivity index (χ4v) is 1.78. The van der Waals surface area contributed by atoms with Crippen molar-refractivity contribution in [3.8, 4) is 0 Å². The number of carbonyl (C=O) groups excluding carboxylic acids is 1. The molecule has 0 radical (unpaired) electrons. The van der Waals surface area contributed by atoms with E-state index in [4.69, 9.17) is 23.2 Å². The third-order valence-electron chi connectivity index (χ3n) is 2.24. The van der Waals surface area contributed by atoms with Crippen molar-refractivity contribution in [2.24, 2.45) is 0 Å². The number of rotatable bonds is 5. The maximum Gasteiger partial charge on any atom is 0.305 e. The largest absolute Gasteiger partial charge is 0.469 e. The Labute approximate surface area is 111 Å². The van der Waals surface area contributed by atoms with Gasteiger partial charge >= 0.3 is 5.97 Å². The van der Waals surface area contributed by atoms with Gasteiger partial charge in [-0.1, -0.05) is 41.4 Å². The number of esters is 1. The molecule has 0 spiro atoms. The van der Waals surface area contributed by atoms with E-state index in [1.54, 1.807) is 12.1 Å². The number of carbonyl (C=O) groups is 1. The van der Waals surface area contributed by atoms with Crippen molar-refractivity contribution in [2.45, 2.75) is 19.3 Å². The molecular weight excluding hydrogens is 259 g/mol. The quantitative estimate of drug-likeness (QED) is 0.589. The predicted molar refractivity (Wildman–Crippen MR) is 71.4 cm³/mol. The minimum Gasteiger partial charge on any atom is -0.469 e. The molecule has 1 aromatic rings. The first-order chi connectivity index (χ1) is 8.13. The van der Waals surface area contributed by atoms with Gasteiger partial charge in [0.1, 0.15) is 0 Å². The molecular formula is C13H14Cl2O2.